The van der Waals surface area contributed by atoms with Gasteiger partial charge in [0, 0.05) is 22.0 Å². The highest BCUT2D eigenvalue weighted by Crippen LogP contribution is 2.40. The maximum atomic E-state index is 9.51. The second kappa shape index (κ2) is 12.5. The van der Waals surface area contributed by atoms with E-state index in [-0.39, 0.29) is 6.61 Å². The molecule has 2 rings (SSSR count). The minimum atomic E-state index is 0.266. The van der Waals surface area contributed by atoms with Crippen LogP contribution in [0.1, 0.15) is 64.2 Å². The predicted molar refractivity (Wildman–Crippen MR) is 109 cm³/mol. The van der Waals surface area contributed by atoms with Gasteiger partial charge in [-0.05, 0) is 63.4 Å². The van der Waals surface area contributed by atoms with Crippen LogP contribution in [0.5, 0.6) is 0 Å². The minimum Gasteiger partial charge on any atom is -0.392 e. The summed E-state index contributed by atoms with van der Waals surface area (Å²) < 4.78 is 0. The molecule has 0 radical (unpaired) electrons. The molecule has 22 heavy (non-hydrogen) atoms. The van der Waals surface area contributed by atoms with Crippen LogP contribution < -0.4 is 0 Å². The summed E-state index contributed by atoms with van der Waals surface area (Å²) in [6, 6.07) is 0. The molecular formula is C17H30OS4. The van der Waals surface area contributed by atoms with Gasteiger partial charge in [-0.2, -0.15) is 0 Å². The lowest BCUT2D eigenvalue weighted by Crippen LogP contribution is -2.06. The van der Waals surface area contributed by atoms with Crippen LogP contribution >= 0.6 is 43.2 Å². The van der Waals surface area contributed by atoms with Crippen molar-refractivity contribution in [2.75, 3.05) is 18.1 Å². The van der Waals surface area contributed by atoms with Gasteiger partial charge in [0.2, 0.25) is 0 Å². The number of unbranched alkanes of at least 4 members (excludes halogenated alkanes) is 2. The quantitative estimate of drug-likeness (QED) is 0.271. The van der Waals surface area contributed by atoms with E-state index in [9.17, 15) is 5.11 Å². The van der Waals surface area contributed by atoms with E-state index in [1.807, 2.05) is 21.6 Å². The Morgan fingerprint density at radius 1 is 0.955 bits per heavy atom. The molecule has 128 valence electrons. The van der Waals surface area contributed by atoms with Gasteiger partial charge in [0.05, 0.1) is 6.61 Å². The molecule has 0 bridgehead atoms. The molecule has 0 aromatic rings. The second-order valence-electron chi connectivity index (χ2n) is 6.21. The number of aliphatic hydroxyl groups excluding tert-OH is 1. The summed E-state index contributed by atoms with van der Waals surface area (Å²) in [4.78, 5) is 0. The zero-order valence-electron chi connectivity index (χ0n) is 13.5. The predicted octanol–water partition coefficient (Wildman–Crippen LogP) is 6.33. The first-order valence-electron chi connectivity index (χ1n) is 8.74. The number of hydrogen-bond donors (Lipinski definition) is 1. The largest absolute Gasteiger partial charge is 0.392 e. The molecule has 2 unspecified atom stereocenters. The Morgan fingerprint density at radius 2 is 1.73 bits per heavy atom. The molecule has 5 heteroatoms. The Morgan fingerprint density at radius 3 is 2.45 bits per heavy atom. The molecule has 0 spiro atoms. The summed E-state index contributed by atoms with van der Waals surface area (Å²) >= 11 is 0. The summed E-state index contributed by atoms with van der Waals surface area (Å²) in [6.07, 6.45) is 15.4. The summed E-state index contributed by atoms with van der Waals surface area (Å²) in [5.41, 5.74) is 1.28. The highest BCUT2D eigenvalue weighted by atomic mass is 33.1. The van der Waals surface area contributed by atoms with E-state index >= 15 is 0 Å². The maximum Gasteiger partial charge on any atom is 0.0641 e. The number of allylic oxidation sites excluding steroid dienone is 1. The van der Waals surface area contributed by atoms with Gasteiger partial charge in [0.1, 0.15) is 0 Å². The zero-order valence-corrected chi connectivity index (χ0v) is 16.8. The number of hydrogen-bond acceptors (Lipinski definition) is 5. The van der Waals surface area contributed by atoms with Gasteiger partial charge in [-0.3, -0.25) is 0 Å². The molecule has 1 N–H and O–H groups in total. The molecule has 2 atom stereocenters. The van der Waals surface area contributed by atoms with Crippen LogP contribution in [0.2, 0.25) is 0 Å². The van der Waals surface area contributed by atoms with Crippen molar-refractivity contribution in [3.63, 3.8) is 0 Å². The van der Waals surface area contributed by atoms with Gasteiger partial charge in [-0.15, -0.1) is 0 Å². The molecule has 0 aliphatic carbocycles. The molecule has 1 nitrogen and oxygen atoms in total. The molecule has 2 aliphatic rings. The van der Waals surface area contributed by atoms with E-state index in [0.717, 1.165) is 23.3 Å². The van der Waals surface area contributed by atoms with Crippen molar-refractivity contribution < 1.29 is 5.11 Å². The number of rotatable bonds is 10. The van der Waals surface area contributed by atoms with Gasteiger partial charge >= 0.3 is 0 Å². The standard InChI is InChI=1S/C17H30OS4/c18-14-15(7-4-9-16-10-5-12-19-21-16)6-2-1-3-8-17-11-13-20-22-17/h6,16-18H,1-5,7-14H2/b15-6-. The van der Waals surface area contributed by atoms with E-state index in [1.54, 1.807) is 0 Å². The Labute approximate surface area is 152 Å². The second-order valence-corrected chi connectivity index (χ2v) is 11.8. The molecule has 2 aliphatic heterocycles. The molecule has 2 heterocycles. The van der Waals surface area contributed by atoms with Crippen molar-refractivity contribution in [3.8, 4) is 0 Å². The fraction of sp³-hybridized carbons (Fsp3) is 0.882. The topological polar surface area (TPSA) is 20.2 Å². The van der Waals surface area contributed by atoms with Crippen LogP contribution in [0.4, 0.5) is 0 Å². The third kappa shape index (κ3) is 8.27. The zero-order chi connectivity index (χ0) is 15.5. The molecule has 2 saturated heterocycles. The lowest BCUT2D eigenvalue weighted by Gasteiger charge is -2.20. The van der Waals surface area contributed by atoms with Crippen molar-refractivity contribution in [1.82, 2.24) is 0 Å². The lowest BCUT2D eigenvalue weighted by molar-refractivity contribution is 0.324. The monoisotopic (exact) mass is 378 g/mol. The molecule has 0 aromatic heterocycles. The van der Waals surface area contributed by atoms with Crippen LogP contribution in [-0.4, -0.2) is 33.7 Å². The third-order valence-corrected chi connectivity index (χ3v) is 10.4. The Hall–Kier alpha value is 1.10. The summed E-state index contributed by atoms with van der Waals surface area (Å²) in [5, 5.41) is 11.3. The first-order valence-corrected chi connectivity index (χ1v) is 13.5. The maximum absolute atomic E-state index is 9.51. The molecule has 0 saturated carbocycles. The highest BCUT2D eigenvalue weighted by Gasteiger charge is 2.15. The van der Waals surface area contributed by atoms with E-state index in [0.29, 0.717) is 0 Å². The van der Waals surface area contributed by atoms with Crippen molar-refractivity contribution in [2.45, 2.75) is 74.7 Å². The van der Waals surface area contributed by atoms with Gasteiger partial charge in [0.25, 0.3) is 0 Å². The first-order chi connectivity index (χ1) is 10.9. The van der Waals surface area contributed by atoms with Gasteiger partial charge in [-0.1, -0.05) is 55.7 Å². The molecule has 0 amide bonds. The summed E-state index contributed by atoms with van der Waals surface area (Å²) in [7, 11) is 8.27. The Bertz CT molecular complexity index is 310. The molecule has 2 fully saturated rings. The van der Waals surface area contributed by atoms with Crippen LogP contribution in [0, 0.1) is 0 Å². The Balaban J connectivity index is 1.50. The molecule has 0 aromatic carbocycles. The van der Waals surface area contributed by atoms with Crippen LogP contribution in [0.25, 0.3) is 0 Å². The van der Waals surface area contributed by atoms with E-state index in [2.05, 4.69) is 27.7 Å². The van der Waals surface area contributed by atoms with Crippen molar-refractivity contribution in [3.05, 3.63) is 11.6 Å². The fourth-order valence-electron chi connectivity index (χ4n) is 2.94. The average molecular weight is 379 g/mol. The summed E-state index contributed by atoms with van der Waals surface area (Å²) in [5.74, 6) is 2.68. The normalized spacial score (nSPS) is 26.5. The smallest absolute Gasteiger partial charge is 0.0641 e. The van der Waals surface area contributed by atoms with Crippen LogP contribution in [0.15, 0.2) is 11.6 Å². The first kappa shape index (κ1) is 19.4. The number of aliphatic hydroxyl groups is 1. The van der Waals surface area contributed by atoms with Gasteiger partial charge in [-0.25, -0.2) is 0 Å². The SMILES string of the molecule is OC/C(=C\CCCCC1CCSS1)CCCC1CCCSS1. The van der Waals surface area contributed by atoms with E-state index < -0.39 is 0 Å². The fourth-order valence-corrected chi connectivity index (χ4v) is 8.87. The van der Waals surface area contributed by atoms with Gasteiger partial charge < -0.3 is 5.11 Å². The van der Waals surface area contributed by atoms with E-state index in [1.165, 1.54) is 68.4 Å². The van der Waals surface area contributed by atoms with Crippen molar-refractivity contribution in [1.29, 1.82) is 0 Å². The third-order valence-electron chi connectivity index (χ3n) is 4.33. The summed E-state index contributed by atoms with van der Waals surface area (Å²) in [6.45, 7) is 0.266. The lowest BCUT2D eigenvalue weighted by atomic mass is 10.0. The van der Waals surface area contributed by atoms with Crippen molar-refractivity contribution in [2.24, 2.45) is 0 Å². The highest BCUT2D eigenvalue weighted by molar-refractivity contribution is 8.77. The molecular weight excluding hydrogens is 348 g/mol. The van der Waals surface area contributed by atoms with E-state index in [4.69, 9.17) is 0 Å². The minimum absolute atomic E-state index is 0.266. The van der Waals surface area contributed by atoms with Crippen LogP contribution in [-0.2, 0) is 0 Å². The van der Waals surface area contributed by atoms with Crippen LogP contribution in [0.3, 0.4) is 0 Å². The van der Waals surface area contributed by atoms with Crippen molar-refractivity contribution >= 4 is 43.2 Å². The Kier molecular flexibility index (Phi) is 11.0. The average Bonchev–Trinajstić information content (AvgIpc) is 3.07. The van der Waals surface area contributed by atoms with Gasteiger partial charge in [0.15, 0.2) is 0 Å².